The van der Waals surface area contributed by atoms with Gasteiger partial charge in [0.25, 0.3) is 0 Å². The summed E-state index contributed by atoms with van der Waals surface area (Å²) in [4.78, 5) is 0. The first kappa shape index (κ1) is 17.1. The van der Waals surface area contributed by atoms with Crippen molar-refractivity contribution in [3.8, 4) is 5.75 Å². The normalized spacial score (nSPS) is 15.2. The topological polar surface area (TPSA) is 44.3 Å². The molecule has 0 fully saturated rings. The SMILES string of the molecule is CC(N[S@+]([O-])C(C)(C)C)c1cc(OC(F)F)ccc1F. The molecule has 0 aliphatic rings. The highest BCUT2D eigenvalue weighted by Crippen LogP contribution is 2.26. The van der Waals surface area contributed by atoms with Crippen LogP contribution in [0.4, 0.5) is 13.2 Å². The molecule has 1 aromatic carbocycles. The Morgan fingerprint density at radius 1 is 1.30 bits per heavy atom. The van der Waals surface area contributed by atoms with E-state index in [0.29, 0.717) is 0 Å². The molecule has 0 aliphatic heterocycles. The van der Waals surface area contributed by atoms with Gasteiger partial charge in [0.2, 0.25) is 0 Å². The molecule has 0 saturated carbocycles. The third-order valence-electron chi connectivity index (χ3n) is 2.50. The maximum atomic E-state index is 13.7. The van der Waals surface area contributed by atoms with Gasteiger partial charge < -0.3 is 9.29 Å². The second-order valence-corrected chi connectivity index (χ2v) is 7.28. The molecule has 1 unspecified atom stereocenters. The Morgan fingerprint density at radius 2 is 1.90 bits per heavy atom. The van der Waals surface area contributed by atoms with E-state index in [-0.39, 0.29) is 11.3 Å². The van der Waals surface area contributed by atoms with Crippen LogP contribution in [0.1, 0.15) is 39.3 Å². The van der Waals surface area contributed by atoms with Crippen LogP contribution in [0.25, 0.3) is 0 Å². The van der Waals surface area contributed by atoms with Gasteiger partial charge in [0.1, 0.15) is 16.3 Å². The fourth-order valence-corrected chi connectivity index (χ4v) is 2.23. The lowest BCUT2D eigenvalue weighted by atomic mass is 10.1. The van der Waals surface area contributed by atoms with Crippen molar-refractivity contribution in [2.24, 2.45) is 0 Å². The molecule has 0 bridgehead atoms. The van der Waals surface area contributed by atoms with Crippen molar-refractivity contribution in [2.45, 2.75) is 45.1 Å². The van der Waals surface area contributed by atoms with Gasteiger partial charge in [0.15, 0.2) is 0 Å². The van der Waals surface area contributed by atoms with Crippen molar-refractivity contribution in [1.29, 1.82) is 0 Å². The highest BCUT2D eigenvalue weighted by atomic mass is 32.2. The second kappa shape index (κ2) is 6.69. The smallest absolute Gasteiger partial charge is 0.387 e. The largest absolute Gasteiger partial charge is 0.598 e. The van der Waals surface area contributed by atoms with Crippen LogP contribution in [-0.4, -0.2) is 15.9 Å². The van der Waals surface area contributed by atoms with Gasteiger partial charge in [-0.15, -0.1) is 4.72 Å². The highest BCUT2D eigenvalue weighted by Gasteiger charge is 2.29. The molecule has 1 N–H and O–H groups in total. The van der Waals surface area contributed by atoms with Crippen molar-refractivity contribution in [3.63, 3.8) is 0 Å². The summed E-state index contributed by atoms with van der Waals surface area (Å²) in [5.74, 6) is -0.705. The molecular weight excluding hydrogens is 291 g/mol. The van der Waals surface area contributed by atoms with Crippen LogP contribution in [0, 0.1) is 5.82 Å². The molecule has 0 aromatic heterocycles. The summed E-state index contributed by atoms with van der Waals surface area (Å²) in [7, 11) is 0. The molecule has 20 heavy (non-hydrogen) atoms. The summed E-state index contributed by atoms with van der Waals surface area (Å²) in [6.45, 7) is 3.95. The number of benzene rings is 1. The zero-order valence-electron chi connectivity index (χ0n) is 11.7. The van der Waals surface area contributed by atoms with Crippen LogP contribution >= 0.6 is 0 Å². The minimum absolute atomic E-state index is 0.126. The maximum Gasteiger partial charge on any atom is 0.387 e. The second-order valence-electron chi connectivity index (χ2n) is 5.28. The third-order valence-corrected chi connectivity index (χ3v) is 4.18. The van der Waals surface area contributed by atoms with Gasteiger partial charge in [-0.1, -0.05) is 0 Å². The van der Waals surface area contributed by atoms with Crippen molar-refractivity contribution in [2.75, 3.05) is 0 Å². The molecule has 0 heterocycles. The first-order valence-electron chi connectivity index (χ1n) is 6.03. The summed E-state index contributed by atoms with van der Waals surface area (Å²) < 4.78 is 56.4. The van der Waals surface area contributed by atoms with Crippen LogP contribution < -0.4 is 9.46 Å². The fraction of sp³-hybridized carbons (Fsp3) is 0.538. The molecule has 0 spiro atoms. The van der Waals surface area contributed by atoms with E-state index in [1.165, 1.54) is 6.07 Å². The summed E-state index contributed by atoms with van der Waals surface area (Å²) in [5.41, 5.74) is 0.126. The fourth-order valence-electron chi connectivity index (χ4n) is 1.43. The van der Waals surface area contributed by atoms with E-state index >= 15 is 0 Å². The van der Waals surface area contributed by atoms with Crippen molar-refractivity contribution >= 4 is 11.4 Å². The number of ether oxygens (including phenoxy) is 1. The lowest BCUT2D eigenvalue weighted by Crippen LogP contribution is -2.40. The summed E-state index contributed by atoms with van der Waals surface area (Å²) in [6.07, 6.45) is 0. The molecule has 1 rings (SSSR count). The van der Waals surface area contributed by atoms with Gasteiger partial charge in [0.05, 0.1) is 6.04 Å². The van der Waals surface area contributed by atoms with Crippen LogP contribution in [0.3, 0.4) is 0 Å². The molecule has 7 heteroatoms. The minimum Gasteiger partial charge on any atom is -0.598 e. The Labute approximate surface area is 119 Å². The summed E-state index contributed by atoms with van der Waals surface area (Å²) in [6, 6.07) is 2.75. The maximum absolute atomic E-state index is 13.7. The van der Waals surface area contributed by atoms with E-state index < -0.39 is 34.6 Å². The molecule has 114 valence electrons. The van der Waals surface area contributed by atoms with E-state index in [0.717, 1.165) is 12.1 Å². The Balaban J connectivity index is 2.89. The number of hydrogen-bond acceptors (Lipinski definition) is 3. The van der Waals surface area contributed by atoms with E-state index in [1.54, 1.807) is 27.7 Å². The first-order chi connectivity index (χ1) is 9.11. The van der Waals surface area contributed by atoms with Crippen molar-refractivity contribution in [3.05, 3.63) is 29.6 Å². The Hall–Kier alpha value is -0.920. The van der Waals surface area contributed by atoms with E-state index in [4.69, 9.17) is 0 Å². The molecule has 0 aliphatic carbocycles. The van der Waals surface area contributed by atoms with E-state index in [9.17, 15) is 17.7 Å². The van der Waals surface area contributed by atoms with E-state index in [1.807, 2.05) is 0 Å². The average molecular weight is 309 g/mol. The third kappa shape index (κ3) is 4.88. The van der Waals surface area contributed by atoms with Gasteiger partial charge in [-0.2, -0.15) is 8.78 Å². The van der Waals surface area contributed by atoms with Crippen LogP contribution in [-0.2, 0) is 11.4 Å². The highest BCUT2D eigenvalue weighted by molar-refractivity contribution is 7.90. The summed E-state index contributed by atoms with van der Waals surface area (Å²) in [5, 5.41) is 0. The molecular formula is C13H18F3NO2S. The first-order valence-corrected chi connectivity index (χ1v) is 7.18. The zero-order chi connectivity index (χ0) is 15.5. The molecule has 0 saturated heterocycles. The lowest BCUT2D eigenvalue weighted by Gasteiger charge is -2.26. The quantitative estimate of drug-likeness (QED) is 0.846. The van der Waals surface area contributed by atoms with Crippen molar-refractivity contribution < 1.29 is 22.5 Å². The van der Waals surface area contributed by atoms with Crippen molar-refractivity contribution in [1.82, 2.24) is 4.72 Å². The van der Waals surface area contributed by atoms with Gasteiger partial charge in [0, 0.05) is 16.9 Å². The van der Waals surface area contributed by atoms with Crippen LogP contribution in [0.2, 0.25) is 0 Å². The number of nitrogens with one attached hydrogen (secondary N) is 1. The van der Waals surface area contributed by atoms with E-state index in [2.05, 4.69) is 9.46 Å². The zero-order valence-corrected chi connectivity index (χ0v) is 12.6. The van der Waals surface area contributed by atoms with Gasteiger partial charge in [-0.25, -0.2) is 4.39 Å². The molecule has 3 nitrogen and oxygen atoms in total. The minimum atomic E-state index is -2.97. The predicted octanol–water partition coefficient (Wildman–Crippen LogP) is 3.54. The molecule has 0 amide bonds. The predicted molar refractivity (Wildman–Crippen MR) is 72.5 cm³/mol. The molecule has 2 atom stereocenters. The standard InChI is InChI=1S/C13H18F3NO2S/c1-8(17-20(18)13(2,3)4)10-7-9(19-12(15)16)5-6-11(10)14/h5-8,12,17H,1-4H3/t8?,20-/m1/s1. The van der Waals surface area contributed by atoms with Gasteiger partial charge in [-0.3, -0.25) is 0 Å². The number of halogens is 3. The monoisotopic (exact) mass is 309 g/mol. The van der Waals surface area contributed by atoms with Crippen LogP contribution in [0.15, 0.2) is 18.2 Å². The number of hydrogen-bond donors (Lipinski definition) is 1. The molecule has 1 aromatic rings. The average Bonchev–Trinajstić information content (AvgIpc) is 2.29. The summed E-state index contributed by atoms with van der Waals surface area (Å²) >= 11 is -1.40. The lowest BCUT2D eigenvalue weighted by molar-refractivity contribution is -0.0499. The van der Waals surface area contributed by atoms with Gasteiger partial charge >= 0.3 is 6.61 Å². The Bertz CT molecular complexity index is 452. The number of rotatable bonds is 5. The Morgan fingerprint density at radius 3 is 2.40 bits per heavy atom. The van der Waals surface area contributed by atoms with Gasteiger partial charge in [-0.05, 0) is 45.9 Å². The van der Waals surface area contributed by atoms with Crippen LogP contribution in [0.5, 0.6) is 5.75 Å². The Kier molecular flexibility index (Phi) is 5.73. The molecule has 0 radical (unpaired) electrons. The number of alkyl halides is 2.